The van der Waals surface area contributed by atoms with E-state index in [9.17, 15) is 28.8 Å². The molecule has 288 valence electrons. The largest absolute Gasteiger partial charge is 0.481 e. The number of carbonyl (C=O) groups excluding carboxylic acids is 5. The standard InChI is InChI=1S/C39H58N4O9/c1-24(43(5)38(50)52-39(2,3)4)36(48)42-34(26-13-7-6-8-14-26)35(47)29-22-27(40-32(44)18-20-51-21-19-33(45)46)23-30(29)37(49)41-31-17-11-15-25-12-9-10-16-28(25)31/h9-10,12,16,24,26-27,29-31,34H,6-8,11,13-15,17-23H2,1-5H3,(H,40,44)(H,41,49)(H,42,48)(H,45,46)/t24-,27+,29?,30+,31+,34-/m0/s1. The molecule has 0 bridgehead atoms. The lowest BCUT2D eigenvalue weighted by atomic mass is 9.77. The maximum Gasteiger partial charge on any atom is 0.410 e. The maximum absolute atomic E-state index is 14.7. The number of carboxylic acids is 1. The highest BCUT2D eigenvalue weighted by molar-refractivity contribution is 5.96. The molecule has 3 aliphatic carbocycles. The predicted octanol–water partition coefficient (Wildman–Crippen LogP) is 4.46. The van der Waals surface area contributed by atoms with E-state index in [4.69, 9.17) is 14.6 Å². The highest BCUT2D eigenvalue weighted by Crippen LogP contribution is 2.38. The minimum Gasteiger partial charge on any atom is -0.481 e. The second-order valence-electron chi connectivity index (χ2n) is 15.7. The lowest BCUT2D eigenvalue weighted by molar-refractivity contribution is -0.138. The average Bonchev–Trinajstić information content (AvgIpc) is 3.52. The smallest absolute Gasteiger partial charge is 0.410 e. The van der Waals surface area contributed by atoms with E-state index >= 15 is 0 Å². The number of hydrogen-bond acceptors (Lipinski definition) is 8. The number of Topliss-reactive ketones (excluding diaryl/α,β-unsaturated/α-hetero) is 1. The summed E-state index contributed by atoms with van der Waals surface area (Å²) < 4.78 is 10.8. The van der Waals surface area contributed by atoms with Crippen molar-refractivity contribution in [1.82, 2.24) is 20.9 Å². The number of ketones is 1. The number of rotatable bonds is 15. The summed E-state index contributed by atoms with van der Waals surface area (Å²) in [6.45, 7) is 6.87. The topological polar surface area (TPSA) is 180 Å². The zero-order chi connectivity index (χ0) is 38.0. The fourth-order valence-electron chi connectivity index (χ4n) is 7.73. The Morgan fingerprint density at radius 2 is 1.58 bits per heavy atom. The molecule has 2 saturated carbocycles. The molecular weight excluding hydrogens is 668 g/mol. The van der Waals surface area contributed by atoms with Gasteiger partial charge in [0.15, 0.2) is 5.78 Å². The summed E-state index contributed by atoms with van der Waals surface area (Å²) in [5.74, 6) is -3.89. The van der Waals surface area contributed by atoms with E-state index in [0.29, 0.717) is 0 Å². The number of nitrogens with zero attached hydrogens (tertiary/aromatic N) is 1. The van der Waals surface area contributed by atoms with Crippen molar-refractivity contribution in [2.75, 3.05) is 20.3 Å². The van der Waals surface area contributed by atoms with Crippen LogP contribution >= 0.6 is 0 Å². The van der Waals surface area contributed by atoms with Crippen molar-refractivity contribution in [2.24, 2.45) is 17.8 Å². The van der Waals surface area contributed by atoms with Gasteiger partial charge in [0.2, 0.25) is 17.7 Å². The Labute approximate surface area is 307 Å². The molecule has 0 radical (unpaired) electrons. The second kappa shape index (κ2) is 18.7. The van der Waals surface area contributed by atoms with Gasteiger partial charge in [-0.1, -0.05) is 43.5 Å². The third kappa shape index (κ3) is 11.5. The average molecular weight is 727 g/mol. The third-order valence-electron chi connectivity index (χ3n) is 10.6. The van der Waals surface area contributed by atoms with Crippen LogP contribution in [0.1, 0.15) is 115 Å². The normalized spacial score (nSPS) is 23.0. The molecular formula is C39H58N4O9. The maximum atomic E-state index is 14.7. The number of likely N-dealkylation sites (N-methyl/N-ethyl adjacent to an activating group) is 1. The first kappa shape index (κ1) is 40.8. The van der Waals surface area contributed by atoms with Gasteiger partial charge in [-0.15, -0.1) is 0 Å². The van der Waals surface area contributed by atoms with Gasteiger partial charge < -0.3 is 30.5 Å². The molecule has 0 aromatic heterocycles. The highest BCUT2D eigenvalue weighted by Gasteiger charge is 2.47. The molecule has 4 amide bonds. The van der Waals surface area contributed by atoms with Gasteiger partial charge in [-0.05, 0) is 89.7 Å². The molecule has 0 saturated heterocycles. The van der Waals surface area contributed by atoms with Crippen LogP contribution in [0.3, 0.4) is 0 Å². The van der Waals surface area contributed by atoms with Crippen molar-refractivity contribution in [3.05, 3.63) is 35.4 Å². The van der Waals surface area contributed by atoms with Gasteiger partial charge in [-0.2, -0.15) is 0 Å². The van der Waals surface area contributed by atoms with E-state index in [-0.39, 0.29) is 68.5 Å². The Balaban J connectivity index is 1.54. The van der Waals surface area contributed by atoms with Gasteiger partial charge in [0.05, 0.1) is 31.7 Å². The number of aliphatic carboxylic acids is 1. The molecule has 6 atom stereocenters. The molecule has 0 spiro atoms. The van der Waals surface area contributed by atoms with Crippen molar-refractivity contribution in [2.45, 2.75) is 135 Å². The third-order valence-corrected chi connectivity index (χ3v) is 10.6. The zero-order valence-electron chi connectivity index (χ0n) is 31.4. The Hall–Kier alpha value is -4.00. The summed E-state index contributed by atoms with van der Waals surface area (Å²) in [5.41, 5.74) is 1.52. The molecule has 1 aromatic carbocycles. The minimum absolute atomic E-state index is 0.00435. The van der Waals surface area contributed by atoms with Crippen LogP contribution in [0.2, 0.25) is 0 Å². The number of ether oxygens (including phenoxy) is 2. The van der Waals surface area contributed by atoms with Gasteiger partial charge in [-0.25, -0.2) is 4.79 Å². The summed E-state index contributed by atoms with van der Waals surface area (Å²) >= 11 is 0. The second-order valence-corrected chi connectivity index (χ2v) is 15.7. The molecule has 1 unspecified atom stereocenters. The summed E-state index contributed by atoms with van der Waals surface area (Å²) in [5, 5.41) is 18.0. The Bertz CT molecular complexity index is 1440. The van der Waals surface area contributed by atoms with Crippen LogP contribution in [-0.4, -0.2) is 89.6 Å². The Morgan fingerprint density at radius 3 is 2.27 bits per heavy atom. The number of hydrogen-bond donors (Lipinski definition) is 4. The zero-order valence-corrected chi connectivity index (χ0v) is 31.4. The fourth-order valence-corrected chi connectivity index (χ4v) is 7.73. The molecule has 13 nitrogen and oxygen atoms in total. The first-order valence-electron chi connectivity index (χ1n) is 18.9. The van der Waals surface area contributed by atoms with Crippen LogP contribution in [0.4, 0.5) is 4.79 Å². The number of fused-ring (bicyclic) bond motifs is 1. The van der Waals surface area contributed by atoms with Crippen LogP contribution in [0, 0.1) is 17.8 Å². The van der Waals surface area contributed by atoms with E-state index in [1.54, 1.807) is 27.7 Å². The molecule has 4 rings (SSSR count). The van der Waals surface area contributed by atoms with Crippen molar-refractivity contribution in [1.29, 1.82) is 0 Å². The lowest BCUT2D eigenvalue weighted by Crippen LogP contribution is -2.55. The SMILES string of the molecule is C[C@@H](C(=O)N[C@H](C(=O)C1C[C@@H](NC(=O)CCOCCC(=O)O)C[C@H]1C(=O)N[C@@H]1CCCc2ccccc21)C1CCCCC1)N(C)C(=O)OC(C)(C)C. The van der Waals surface area contributed by atoms with Crippen LogP contribution in [-0.2, 0) is 39.9 Å². The van der Waals surface area contributed by atoms with E-state index in [2.05, 4.69) is 22.0 Å². The summed E-state index contributed by atoms with van der Waals surface area (Å²) in [4.78, 5) is 80.3. The van der Waals surface area contributed by atoms with Gasteiger partial charge in [0.1, 0.15) is 11.6 Å². The van der Waals surface area contributed by atoms with Crippen molar-refractivity contribution < 1.29 is 43.3 Å². The van der Waals surface area contributed by atoms with Gasteiger partial charge in [0.25, 0.3) is 0 Å². The first-order chi connectivity index (χ1) is 24.6. The molecule has 1 aromatic rings. The number of amides is 4. The van der Waals surface area contributed by atoms with Crippen molar-refractivity contribution in [3.63, 3.8) is 0 Å². The molecule has 0 heterocycles. The first-order valence-corrected chi connectivity index (χ1v) is 18.9. The van der Waals surface area contributed by atoms with Crippen molar-refractivity contribution in [3.8, 4) is 0 Å². The Morgan fingerprint density at radius 1 is 0.904 bits per heavy atom. The molecule has 2 fully saturated rings. The van der Waals surface area contributed by atoms with Crippen LogP contribution in [0.5, 0.6) is 0 Å². The quantitative estimate of drug-likeness (QED) is 0.190. The molecule has 4 N–H and O–H groups in total. The number of nitrogens with one attached hydrogen (secondary N) is 3. The number of carboxylic acid groups (broad SMARTS) is 1. The van der Waals surface area contributed by atoms with E-state index in [0.717, 1.165) is 56.9 Å². The minimum atomic E-state index is -0.987. The highest BCUT2D eigenvalue weighted by atomic mass is 16.6. The van der Waals surface area contributed by atoms with E-state index in [1.165, 1.54) is 17.5 Å². The Kier molecular flexibility index (Phi) is 14.6. The molecule has 3 aliphatic rings. The lowest BCUT2D eigenvalue weighted by Gasteiger charge is -2.35. The fraction of sp³-hybridized carbons (Fsp3) is 0.692. The van der Waals surface area contributed by atoms with Gasteiger partial charge in [-0.3, -0.25) is 28.9 Å². The van der Waals surface area contributed by atoms with E-state index in [1.807, 2.05) is 18.2 Å². The number of carbonyl (C=O) groups is 6. The van der Waals surface area contributed by atoms with E-state index < -0.39 is 53.5 Å². The summed E-state index contributed by atoms with van der Waals surface area (Å²) in [7, 11) is 1.49. The van der Waals surface area contributed by atoms with Crippen molar-refractivity contribution >= 4 is 35.6 Å². The summed E-state index contributed by atoms with van der Waals surface area (Å²) in [6, 6.07) is 5.61. The van der Waals surface area contributed by atoms with Gasteiger partial charge in [0, 0.05) is 31.3 Å². The molecule has 13 heteroatoms. The van der Waals surface area contributed by atoms with Gasteiger partial charge >= 0.3 is 12.1 Å². The monoisotopic (exact) mass is 726 g/mol. The predicted molar refractivity (Wildman–Crippen MR) is 193 cm³/mol. The van der Waals surface area contributed by atoms with Crippen LogP contribution in [0.25, 0.3) is 0 Å². The summed E-state index contributed by atoms with van der Waals surface area (Å²) in [6.07, 6.45) is 6.68. The molecule has 0 aliphatic heterocycles. The van der Waals surface area contributed by atoms with Crippen LogP contribution < -0.4 is 16.0 Å². The van der Waals surface area contributed by atoms with Crippen LogP contribution in [0.15, 0.2) is 24.3 Å². The molecule has 52 heavy (non-hydrogen) atoms. The number of aryl methyl sites for hydroxylation is 1. The number of benzene rings is 1.